The van der Waals surface area contributed by atoms with Gasteiger partial charge in [-0.15, -0.1) is 0 Å². The minimum absolute atomic E-state index is 0.0913. The molecule has 0 unspecified atom stereocenters. The molecule has 3 N–H and O–H groups in total. The largest absolute Gasteiger partial charge is 0.392 e. The van der Waals surface area contributed by atoms with Gasteiger partial charge in [-0.1, -0.05) is 36.9 Å². The molecule has 2 heterocycles. The minimum atomic E-state index is -0.262. The number of carbonyl (C=O) groups excluding carboxylic acids is 1. The van der Waals surface area contributed by atoms with Crippen molar-refractivity contribution in [1.29, 1.82) is 0 Å². The topological polar surface area (TPSA) is 93.6 Å². The van der Waals surface area contributed by atoms with E-state index in [0.717, 1.165) is 65.1 Å². The molecule has 1 saturated heterocycles. The lowest BCUT2D eigenvalue weighted by Gasteiger charge is -2.34. The maximum Gasteiger partial charge on any atom is 0.247 e. The highest BCUT2D eigenvalue weighted by atomic mass is 16.3. The Morgan fingerprint density at radius 3 is 2.68 bits per heavy atom. The number of amides is 1. The summed E-state index contributed by atoms with van der Waals surface area (Å²) in [5.74, 6) is 0.181. The van der Waals surface area contributed by atoms with E-state index in [-0.39, 0.29) is 12.5 Å². The summed E-state index contributed by atoms with van der Waals surface area (Å²) >= 11 is 0. The van der Waals surface area contributed by atoms with Gasteiger partial charge in [0.15, 0.2) is 0 Å². The van der Waals surface area contributed by atoms with Gasteiger partial charge in [0, 0.05) is 66.0 Å². The number of rotatable bonds is 7. The fraction of sp³-hybridized carbons (Fsp3) is 0.207. The first-order valence-corrected chi connectivity index (χ1v) is 12.3. The summed E-state index contributed by atoms with van der Waals surface area (Å²) in [5.41, 5.74) is 5.97. The first-order chi connectivity index (χ1) is 18.0. The summed E-state index contributed by atoms with van der Waals surface area (Å²) < 4.78 is 0. The molecule has 5 rings (SSSR count). The van der Waals surface area contributed by atoms with Crippen LogP contribution in [-0.4, -0.2) is 59.1 Å². The molecule has 0 aliphatic carbocycles. The number of nitrogens with one attached hydrogen (secondary N) is 2. The van der Waals surface area contributed by atoms with Gasteiger partial charge in [-0.2, -0.15) is 0 Å². The van der Waals surface area contributed by atoms with Crippen LogP contribution in [0.3, 0.4) is 0 Å². The average Bonchev–Trinajstić information content (AvgIpc) is 2.93. The monoisotopic (exact) mass is 494 g/mol. The van der Waals surface area contributed by atoms with Gasteiger partial charge in [0.25, 0.3) is 0 Å². The fourth-order valence-electron chi connectivity index (χ4n) is 4.52. The molecule has 0 saturated carbocycles. The molecule has 4 aromatic rings. The zero-order valence-electron chi connectivity index (χ0n) is 20.8. The van der Waals surface area contributed by atoms with Crippen LogP contribution >= 0.6 is 0 Å². The number of hydrogen-bond donors (Lipinski definition) is 3. The maximum absolute atomic E-state index is 11.8. The van der Waals surface area contributed by atoms with Gasteiger partial charge in [-0.05, 0) is 49.0 Å². The number of benzene rings is 3. The predicted molar refractivity (Wildman–Crippen MR) is 149 cm³/mol. The summed E-state index contributed by atoms with van der Waals surface area (Å²) in [6.45, 7) is 7.38. The quantitative estimate of drug-likeness (QED) is 0.328. The summed E-state index contributed by atoms with van der Waals surface area (Å²) in [5, 5.41) is 17.1. The molecule has 8 nitrogen and oxygen atoms in total. The summed E-state index contributed by atoms with van der Waals surface area (Å²) in [6.07, 6.45) is 3.03. The Kier molecular flexibility index (Phi) is 7.11. The number of aliphatic hydroxyl groups excluding tert-OH is 1. The van der Waals surface area contributed by atoms with E-state index in [1.54, 1.807) is 6.20 Å². The van der Waals surface area contributed by atoms with Gasteiger partial charge in [0.1, 0.15) is 0 Å². The molecule has 1 aliphatic heterocycles. The number of hydrogen-bond acceptors (Lipinski definition) is 7. The van der Waals surface area contributed by atoms with E-state index >= 15 is 0 Å². The van der Waals surface area contributed by atoms with E-state index in [1.807, 2.05) is 54.6 Å². The number of para-hydroxylation sites is 1. The number of anilines is 4. The number of likely N-dealkylation sites (N-methyl/N-ethyl adjacent to an activating group) is 1. The van der Waals surface area contributed by atoms with E-state index in [9.17, 15) is 9.90 Å². The second-order valence-corrected chi connectivity index (χ2v) is 9.13. The van der Waals surface area contributed by atoms with Crippen LogP contribution in [0.25, 0.3) is 22.0 Å². The Morgan fingerprint density at radius 1 is 1.08 bits per heavy atom. The Labute approximate surface area is 216 Å². The lowest BCUT2D eigenvalue weighted by atomic mass is 10.0. The fourth-order valence-corrected chi connectivity index (χ4v) is 4.52. The van der Waals surface area contributed by atoms with Gasteiger partial charge in [-0.25, -0.2) is 9.97 Å². The SMILES string of the molecule is C=CC(=O)Nc1cccc(-c2cccc3cnc(Nc4ccc(N5CCN(C)CC5)cc4CO)nc23)c1. The smallest absolute Gasteiger partial charge is 0.247 e. The van der Waals surface area contributed by atoms with Gasteiger partial charge < -0.3 is 25.5 Å². The van der Waals surface area contributed by atoms with Crippen molar-refractivity contribution in [3.05, 3.63) is 85.1 Å². The predicted octanol–water partition coefficient (Wildman–Crippen LogP) is 4.41. The molecule has 0 bridgehead atoms. The van der Waals surface area contributed by atoms with Crippen LogP contribution in [0.2, 0.25) is 0 Å². The number of carbonyl (C=O) groups is 1. The molecule has 1 fully saturated rings. The Bertz CT molecular complexity index is 1450. The van der Waals surface area contributed by atoms with Crippen molar-refractivity contribution >= 4 is 39.8 Å². The van der Waals surface area contributed by atoms with Gasteiger partial charge in [0.05, 0.1) is 12.1 Å². The maximum atomic E-state index is 11.8. The van der Waals surface area contributed by atoms with Crippen molar-refractivity contribution in [2.75, 3.05) is 48.8 Å². The van der Waals surface area contributed by atoms with Crippen molar-refractivity contribution in [2.24, 2.45) is 0 Å². The van der Waals surface area contributed by atoms with Crippen LogP contribution < -0.4 is 15.5 Å². The normalized spacial score (nSPS) is 13.9. The number of aliphatic hydroxyl groups is 1. The molecule has 0 atom stereocenters. The van der Waals surface area contributed by atoms with Crippen molar-refractivity contribution < 1.29 is 9.90 Å². The Balaban J connectivity index is 1.44. The molecule has 1 aliphatic rings. The molecule has 188 valence electrons. The first-order valence-electron chi connectivity index (χ1n) is 12.3. The number of fused-ring (bicyclic) bond motifs is 1. The van der Waals surface area contributed by atoms with Crippen molar-refractivity contribution in [2.45, 2.75) is 6.61 Å². The highest BCUT2D eigenvalue weighted by Crippen LogP contribution is 2.31. The highest BCUT2D eigenvalue weighted by molar-refractivity contribution is 6.00. The summed E-state index contributed by atoms with van der Waals surface area (Å²) in [7, 11) is 2.13. The van der Waals surface area contributed by atoms with Crippen LogP contribution in [0.15, 0.2) is 79.5 Å². The van der Waals surface area contributed by atoms with Gasteiger partial charge >= 0.3 is 0 Å². The van der Waals surface area contributed by atoms with Crippen molar-refractivity contribution in [3.8, 4) is 11.1 Å². The van der Waals surface area contributed by atoms with E-state index in [2.05, 4.69) is 45.1 Å². The van der Waals surface area contributed by atoms with Crippen molar-refractivity contribution in [3.63, 3.8) is 0 Å². The Morgan fingerprint density at radius 2 is 1.89 bits per heavy atom. The molecule has 0 spiro atoms. The lowest BCUT2D eigenvalue weighted by molar-refractivity contribution is -0.111. The number of aromatic nitrogens is 2. The summed E-state index contributed by atoms with van der Waals surface area (Å²) in [4.78, 5) is 25.8. The molecule has 3 aromatic carbocycles. The standard InChI is InChI=1S/C29H30N6O2/c1-3-27(37)31-23-8-4-6-20(16-23)25-9-5-7-21-18-30-29(33-28(21)25)32-26-11-10-24(17-22(26)19-36)35-14-12-34(2)13-15-35/h3-11,16-18,36H,1,12-15,19H2,2H3,(H,31,37)(H,30,32,33). The molecule has 1 amide bonds. The van der Waals surface area contributed by atoms with Gasteiger partial charge in [-0.3, -0.25) is 4.79 Å². The minimum Gasteiger partial charge on any atom is -0.392 e. The molecule has 8 heteroatoms. The van der Waals surface area contributed by atoms with Crippen molar-refractivity contribution in [1.82, 2.24) is 14.9 Å². The number of nitrogens with zero attached hydrogens (tertiary/aromatic N) is 4. The van der Waals surface area contributed by atoms with E-state index < -0.39 is 0 Å². The first kappa shape index (κ1) is 24.4. The average molecular weight is 495 g/mol. The molecule has 1 aromatic heterocycles. The highest BCUT2D eigenvalue weighted by Gasteiger charge is 2.16. The lowest BCUT2D eigenvalue weighted by Crippen LogP contribution is -2.44. The third-order valence-electron chi connectivity index (χ3n) is 6.61. The molecule has 0 radical (unpaired) electrons. The van der Waals surface area contributed by atoms with Crippen LogP contribution in [-0.2, 0) is 11.4 Å². The Hall–Kier alpha value is -4.27. The molecular formula is C29H30N6O2. The third-order valence-corrected chi connectivity index (χ3v) is 6.61. The second-order valence-electron chi connectivity index (χ2n) is 9.13. The van der Waals surface area contributed by atoms with Crippen LogP contribution in [0.5, 0.6) is 0 Å². The van der Waals surface area contributed by atoms with Crippen LogP contribution in [0.1, 0.15) is 5.56 Å². The third kappa shape index (κ3) is 5.45. The van der Waals surface area contributed by atoms with Crippen LogP contribution in [0, 0.1) is 0 Å². The zero-order chi connectivity index (χ0) is 25.8. The van der Waals surface area contributed by atoms with E-state index in [4.69, 9.17) is 4.98 Å². The zero-order valence-corrected chi connectivity index (χ0v) is 20.8. The van der Waals surface area contributed by atoms with E-state index in [0.29, 0.717) is 11.6 Å². The summed E-state index contributed by atoms with van der Waals surface area (Å²) in [6, 6.07) is 19.6. The molecular weight excluding hydrogens is 464 g/mol. The van der Waals surface area contributed by atoms with Gasteiger partial charge in [0.2, 0.25) is 11.9 Å². The van der Waals surface area contributed by atoms with Crippen LogP contribution in [0.4, 0.5) is 23.0 Å². The number of piperazine rings is 1. The van der Waals surface area contributed by atoms with E-state index in [1.165, 1.54) is 6.08 Å². The second kappa shape index (κ2) is 10.8. The molecule has 37 heavy (non-hydrogen) atoms.